The highest BCUT2D eigenvalue weighted by molar-refractivity contribution is 7.92. The molecule has 0 amide bonds. The van der Waals surface area contributed by atoms with Crippen molar-refractivity contribution in [2.45, 2.75) is 24.8 Å². The van der Waals surface area contributed by atoms with Gasteiger partial charge in [0.1, 0.15) is 4.90 Å². The molecule has 1 aromatic heterocycles. The van der Waals surface area contributed by atoms with Gasteiger partial charge in [-0.05, 0) is 37.6 Å². The summed E-state index contributed by atoms with van der Waals surface area (Å²) in [5.41, 5.74) is 6.71. The fourth-order valence-corrected chi connectivity index (χ4v) is 2.91. The second kappa shape index (κ2) is 6.46. The van der Waals surface area contributed by atoms with Crippen molar-refractivity contribution in [3.63, 3.8) is 0 Å². The summed E-state index contributed by atoms with van der Waals surface area (Å²) in [4.78, 5) is 0.108. The average molecular weight is 329 g/mol. The molecule has 3 N–H and O–H groups in total. The van der Waals surface area contributed by atoms with Crippen molar-refractivity contribution in [1.82, 2.24) is 9.78 Å². The molecule has 0 fully saturated rings. The average Bonchev–Trinajstić information content (AvgIpc) is 2.90. The molecule has 0 saturated heterocycles. The first-order valence-corrected chi connectivity index (χ1v) is 8.30. The molecule has 0 saturated carbocycles. The van der Waals surface area contributed by atoms with Crippen molar-refractivity contribution in [1.29, 1.82) is 0 Å². The van der Waals surface area contributed by atoms with E-state index in [1.165, 1.54) is 12.4 Å². The first-order valence-electron chi connectivity index (χ1n) is 6.44. The number of anilines is 1. The van der Waals surface area contributed by atoms with Gasteiger partial charge in [-0.15, -0.1) is 0 Å². The molecule has 0 aliphatic heterocycles. The molecule has 21 heavy (non-hydrogen) atoms. The van der Waals surface area contributed by atoms with Gasteiger partial charge < -0.3 is 5.73 Å². The van der Waals surface area contributed by atoms with Crippen LogP contribution in [-0.2, 0) is 16.6 Å². The van der Waals surface area contributed by atoms with Gasteiger partial charge in [-0.1, -0.05) is 17.7 Å². The monoisotopic (exact) mass is 328 g/mol. The maximum Gasteiger partial charge on any atom is 0.265 e. The third-order valence-corrected chi connectivity index (χ3v) is 4.68. The molecular formula is C13H17ClN4O2S. The number of nitrogens with two attached hydrogens (primary N) is 1. The van der Waals surface area contributed by atoms with E-state index in [1.807, 2.05) is 6.92 Å². The molecule has 0 unspecified atom stereocenters. The Kier molecular flexibility index (Phi) is 4.87. The van der Waals surface area contributed by atoms with E-state index in [1.54, 1.807) is 22.9 Å². The quantitative estimate of drug-likeness (QED) is 0.848. The van der Waals surface area contributed by atoms with Crippen LogP contribution in [0.2, 0.25) is 5.02 Å². The number of sulfonamides is 1. The SMILES string of the molecule is Cc1ccc(NS(=O)(=O)c2cnn(CCCN)c2)cc1Cl. The summed E-state index contributed by atoms with van der Waals surface area (Å²) in [6, 6.07) is 5.00. The predicted octanol–water partition coefficient (Wildman–Crippen LogP) is 1.99. The highest BCUT2D eigenvalue weighted by atomic mass is 35.5. The van der Waals surface area contributed by atoms with Crippen LogP contribution in [0.15, 0.2) is 35.5 Å². The van der Waals surface area contributed by atoms with Gasteiger partial charge in [0, 0.05) is 17.8 Å². The van der Waals surface area contributed by atoms with Crippen molar-refractivity contribution in [3.05, 3.63) is 41.2 Å². The van der Waals surface area contributed by atoms with Gasteiger partial charge in [0.05, 0.1) is 11.9 Å². The summed E-state index contributed by atoms with van der Waals surface area (Å²) < 4.78 is 28.5. The summed E-state index contributed by atoms with van der Waals surface area (Å²) in [5, 5.41) is 4.52. The van der Waals surface area contributed by atoms with Gasteiger partial charge in [0.2, 0.25) is 0 Å². The lowest BCUT2D eigenvalue weighted by Crippen LogP contribution is -2.12. The van der Waals surface area contributed by atoms with Crippen LogP contribution in [0.25, 0.3) is 0 Å². The van der Waals surface area contributed by atoms with Crippen molar-refractivity contribution in [3.8, 4) is 0 Å². The number of nitrogens with zero attached hydrogens (tertiary/aromatic N) is 2. The Morgan fingerprint density at radius 2 is 2.19 bits per heavy atom. The maximum absolute atomic E-state index is 12.3. The van der Waals surface area contributed by atoms with E-state index in [2.05, 4.69) is 9.82 Å². The number of benzene rings is 1. The summed E-state index contributed by atoms with van der Waals surface area (Å²) in [5.74, 6) is 0. The fourth-order valence-electron chi connectivity index (χ4n) is 1.73. The number of aryl methyl sites for hydroxylation is 2. The van der Waals surface area contributed by atoms with E-state index < -0.39 is 10.0 Å². The van der Waals surface area contributed by atoms with E-state index >= 15 is 0 Å². The second-order valence-corrected chi connectivity index (χ2v) is 6.74. The third-order valence-electron chi connectivity index (χ3n) is 2.94. The van der Waals surface area contributed by atoms with Crippen LogP contribution in [0.1, 0.15) is 12.0 Å². The lowest BCUT2D eigenvalue weighted by Gasteiger charge is -2.07. The van der Waals surface area contributed by atoms with Crippen LogP contribution in [-0.4, -0.2) is 24.7 Å². The molecule has 0 radical (unpaired) electrons. The smallest absolute Gasteiger partial charge is 0.265 e. The van der Waals surface area contributed by atoms with Crippen molar-refractivity contribution < 1.29 is 8.42 Å². The molecular weight excluding hydrogens is 312 g/mol. The zero-order valence-corrected chi connectivity index (χ0v) is 13.2. The zero-order chi connectivity index (χ0) is 15.5. The van der Waals surface area contributed by atoms with E-state index in [4.69, 9.17) is 17.3 Å². The normalized spacial score (nSPS) is 11.6. The van der Waals surface area contributed by atoms with Gasteiger partial charge in [-0.2, -0.15) is 5.10 Å². The molecule has 2 aromatic rings. The molecule has 0 aliphatic carbocycles. The Labute approximate surface area is 129 Å². The molecule has 0 atom stereocenters. The lowest BCUT2D eigenvalue weighted by atomic mass is 10.2. The molecule has 8 heteroatoms. The van der Waals surface area contributed by atoms with Crippen molar-refractivity contribution in [2.24, 2.45) is 5.73 Å². The number of nitrogens with one attached hydrogen (secondary N) is 1. The number of hydrogen-bond acceptors (Lipinski definition) is 4. The Balaban J connectivity index is 2.17. The summed E-state index contributed by atoms with van der Waals surface area (Å²) in [6.07, 6.45) is 3.53. The minimum atomic E-state index is -3.67. The van der Waals surface area contributed by atoms with Crippen molar-refractivity contribution >= 4 is 27.3 Å². The number of hydrogen-bond donors (Lipinski definition) is 2. The minimum absolute atomic E-state index is 0.108. The van der Waals surface area contributed by atoms with E-state index in [0.29, 0.717) is 23.8 Å². The first-order chi connectivity index (χ1) is 9.92. The molecule has 1 aromatic carbocycles. The summed E-state index contributed by atoms with van der Waals surface area (Å²) >= 11 is 5.99. The Hall–Kier alpha value is -1.57. The minimum Gasteiger partial charge on any atom is -0.330 e. The fraction of sp³-hybridized carbons (Fsp3) is 0.308. The predicted molar refractivity (Wildman–Crippen MR) is 82.9 cm³/mol. The van der Waals surface area contributed by atoms with E-state index in [-0.39, 0.29) is 4.90 Å². The largest absolute Gasteiger partial charge is 0.330 e. The van der Waals surface area contributed by atoms with Gasteiger partial charge in [-0.3, -0.25) is 9.40 Å². The van der Waals surface area contributed by atoms with Crippen LogP contribution in [0.4, 0.5) is 5.69 Å². The van der Waals surface area contributed by atoms with Crippen LogP contribution in [0.3, 0.4) is 0 Å². The zero-order valence-electron chi connectivity index (χ0n) is 11.6. The second-order valence-electron chi connectivity index (χ2n) is 4.65. The molecule has 0 aliphatic rings. The highest BCUT2D eigenvalue weighted by Crippen LogP contribution is 2.22. The first kappa shape index (κ1) is 15.8. The molecule has 0 bridgehead atoms. The molecule has 2 rings (SSSR count). The van der Waals surface area contributed by atoms with Crippen LogP contribution in [0, 0.1) is 6.92 Å². The molecule has 0 spiro atoms. The van der Waals surface area contributed by atoms with Gasteiger partial charge in [0.25, 0.3) is 10.0 Å². The lowest BCUT2D eigenvalue weighted by molar-refractivity contribution is 0.582. The third kappa shape index (κ3) is 3.96. The van der Waals surface area contributed by atoms with Gasteiger partial charge >= 0.3 is 0 Å². The Bertz CT molecular complexity index is 728. The van der Waals surface area contributed by atoms with Gasteiger partial charge in [0.15, 0.2) is 0 Å². The number of aromatic nitrogens is 2. The Morgan fingerprint density at radius 3 is 2.86 bits per heavy atom. The number of rotatable bonds is 6. The van der Waals surface area contributed by atoms with Crippen LogP contribution in [0.5, 0.6) is 0 Å². The topological polar surface area (TPSA) is 90.0 Å². The molecule has 114 valence electrons. The molecule has 1 heterocycles. The van der Waals surface area contributed by atoms with Crippen molar-refractivity contribution in [2.75, 3.05) is 11.3 Å². The summed E-state index contributed by atoms with van der Waals surface area (Å²) in [6.45, 7) is 2.96. The number of halogens is 1. The molecule has 6 nitrogen and oxygen atoms in total. The highest BCUT2D eigenvalue weighted by Gasteiger charge is 2.17. The van der Waals surface area contributed by atoms with E-state index in [9.17, 15) is 8.42 Å². The maximum atomic E-state index is 12.3. The summed E-state index contributed by atoms with van der Waals surface area (Å²) in [7, 11) is -3.67. The van der Waals surface area contributed by atoms with Gasteiger partial charge in [-0.25, -0.2) is 8.42 Å². The van der Waals surface area contributed by atoms with Crippen LogP contribution >= 0.6 is 11.6 Å². The van der Waals surface area contributed by atoms with Crippen LogP contribution < -0.4 is 10.5 Å². The Morgan fingerprint density at radius 1 is 1.43 bits per heavy atom. The van der Waals surface area contributed by atoms with E-state index in [0.717, 1.165) is 12.0 Å². The standard InChI is InChI=1S/C13H17ClN4O2S/c1-10-3-4-11(7-13(10)14)17-21(19,20)12-8-16-18(9-12)6-2-5-15/h3-4,7-9,17H,2,5-6,15H2,1H3.